The van der Waals surface area contributed by atoms with Crippen molar-refractivity contribution in [3.8, 4) is 23.0 Å². The first-order valence-corrected chi connectivity index (χ1v) is 15.6. The lowest BCUT2D eigenvalue weighted by Gasteiger charge is -2.15. The Morgan fingerprint density at radius 3 is 2.42 bits per heavy atom. The van der Waals surface area contributed by atoms with Crippen molar-refractivity contribution in [1.82, 2.24) is 20.2 Å². The molecule has 12 heteroatoms. The lowest BCUT2D eigenvalue weighted by atomic mass is 10.1. The Kier molecular flexibility index (Phi) is 10.1. The third-order valence-corrected chi connectivity index (χ3v) is 8.45. The molecule has 0 saturated carbocycles. The van der Waals surface area contributed by atoms with Gasteiger partial charge in [-0.3, -0.25) is 19.0 Å². The second-order valence-corrected chi connectivity index (χ2v) is 11.5. The molecule has 2 amide bonds. The molecule has 0 unspecified atom stereocenters. The second-order valence-electron chi connectivity index (χ2n) is 10.6. The number of aromatic nitrogens is 2. The smallest absolute Gasteiger partial charge is 0.262 e. The normalized spacial score (nSPS) is 12.5. The Morgan fingerprint density at radius 2 is 1.71 bits per heavy atom. The molecule has 5 rings (SSSR count). The molecule has 0 saturated heterocycles. The molecule has 0 spiro atoms. The SMILES string of the molecule is CC[C@H](C)NC(=O)CSc1nc2cc3c(cc2c(=O)n1Cc1ccc(C(=O)NCCc2ccc(OC)c(OC)c2)cc1)OCO3. The Hall–Kier alpha value is -4.71. The summed E-state index contributed by atoms with van der Waals surface area (Å²) < 4.78 is 23.1. The van der Waals surface area contributed by atoms with Crippen molar-refractivity contribution in [2.24, 2.45) is 0 Å². The van der Waals surface area contributed by atoms with Crippen molar-refractivity contribution in [2.75, 3.05) is 33.3 Å². The summed E-state index contributed by atoms with van der Waals surface area (Å²) >= 11 is 1.20. The van der Waals surface area contributed by atoms with Crippen LogP contribution in [0.4, 0.5) is 0 Å². The van der Waals surface area contributed by atoms with Crippen LogP contribution in [-0.2, 0) is 17.8 Å². The van der Waals surface area contributed by atoms with Gasteiger partial charge in [0, 0.05) is 24.2 Å². The van der Waals surface area contributed by atoms with Crippen LogP contribution < -0.4 is 35.1 Å². The van der Waals surface area contributed by atoms with Gasteiger partial charge in [0.15, 0.2) is 28.2 Å². The molecule has 1 aromatic heterocycles. The van der Waals surface area contributed by atoms with Gasteiger partial charge in [-0.15, -0.1) is 0 Å². The Morgan fingerprint density at radius 1 is 1.00 bits per heavy atom. The first-order valence-electron chi connectivity index (χ1n) is 14.6. The highest BCUT2D eigenvalue weighted by molar-refractivity contribution is 7.99. The molecule has 0 radical (unpaired) electrons. The monoisotopic (exact) mass is 632 g/mol. The highest BCUT2D eigenvalue weighted by Crippen LogP contribution is 2.35. The van der Waals surface area contributed by atoms with Crippen LogP contribution in [0.15, 0.2) is 64.5 Å². The highest BCUT2D eigenvalue weighted by Gasteiger charge is 2.20. The molecule has 2 heterocycles. The topological polar surface area (TPSA) is 130 Å². The Balaban J connectivity index is 1.30. The minimum Gasteiger partial charge on any atom is -0.493 e. The van der Waals surface area contributed by atoms with Gasteiger partial charge in [0.05, 0.1) is 37.4 Å². The van der Waals surface area contributed by atoms with Crippen LogP contribution in [0.1, 0.15) is 41.8 Å². The fourth-order valence-corrected chi connectivity index (χ4v) is 5.60. The van der Waals surface area contributed by atoms with Crippen LogP contribution in [0.3, 0.4) is 0 Å². The molecule has 1 aliphatic heterocycles. The minimum atomic E-state index is -0.264. The van der Waals surface area contributed by atoms with E-state index in [1.165, 1.54) is 11.8 Å². The molecule has 0 fully saturated rings. The molecule has 2 N–H and O–H groups in total. The van der Waals surface area contributed by atoms with E-state index in [9.17, 15) is 14.4 Å². The molecule has 1 aliphatic rings. The van der Waals surface area contributed by atoms with Gasteiger partial charge in [-0.1, -0.05) is 36.9 Å². The van der Waals surface area contributed by atoms with E-state index in [2.05, 4.69) is 10.6 Å². The zero-order chi connectivity index (χ0) is 31.9. The zero-order valence-electron chi connectivity index (χ0n) is 25.7. The Bertz CT molecular complexity index is 1760. The lowest BCUT2D eigenvalue weighted by Crippen LogP contribution is -2.33. The number of fused-ring (bicyclic) bond motifs is 2. The van der Waals surface area contributed by atoms with Gasteiger partial charge in [-0.05, 0) is 61.2 Å². The molecule has 236 valence electrons. The third kappa shape index (κ3) is 7.51. The van der Waals surface area contributed by atoms with Crippen LogP contribution in [0, 0.1) is 0 Å². The van der Waals surface area contributed by atoms with Crippen LogP contribution in [0.25, 0.3) is 10.9 Å². The van der Waals surface area contributed by atoms with Crippen LogP contribution in [-0.4, -0.2) is 60.7 Å². The second kappa shape index (κ2) is 14.4. The molecular formula is C33H36N4O7S. The van der Waals surface area contributed by atoms with Crippen LogP contribution >= 0.6 is 11.8 Å². The summed E-state index contributed by atoms with van der Waals surface area (Å²) in [6, 6.07) is 16.1. The van der Waals surface area contributed by atoms with Crippen molar-refractivity contribution in [1.29, 1.82) is 0 Å². The third-order valence-electron chi connectivity index (χ3n) is 7.47. The number of rotatable bonds is 13. The standard InChI is InChI=1S/C33H36N4O7S/c1-5-20(2)35-30(38)18-45-33-36-25-16-29-28(43-19-44-29)15-24(25)32(40)37(33)17-22-6-9-23(10-7-22)31(39)34-13-12-21-8-11-26(41-3)27(14-21)42-4/h6-11,14-16,20H,5,12-13,17-19H2,1-4H3,(H,34,39)(H,35,38)/t20-/m0/s1. The average molecular weight is 633 g/mol. The molecule has 4 aromatic rings. The summed E-state index contributed by atoms with van der Waals surface area (Å²) in [4.78, 5) is 43.9. The van der Waals surface area contributed by atoms with E-state index < -0.39 is 0 Å². The number of nitrogens with one attached hydrogen (secondary N) is 2. The summed E-state index contributed by atoms with van der Waals surface area (Å²) in [6.45, 7) is 4.66. The minimum absolute atomic E-state index is 0.0475. The van der Waals surface area contributed by atoms with E-state index in [1.807, 2.05) is 44.2 Å². The molecule has 0 aliphatic carbocycles. The number of ether oxygens (including phenoxy) is 4. The quantitative estimate of drug-likeness (QED) is 0.165. The van der Waals surface area contributed by atoms with Crippen molar-refractivity contribution < 1.29 is 28.5 Å². The average Bonchev–Trinajstić information content (AvgIpc) is 3.52. The number of carbonyl (C=O) groups is 2. The number of methoxy groups -OCH3 is 2. The molecule has 11 nitrogen and oxygen atoms in total. The predicted octanol–water partition coefficient (Wildman–Crippen LogP) is 4.17. The fourth-order valence-electron chi connectivity index (χ4n) is 4.79. The largest absolute Gasteiger partial charge is 0.493 e. The molecule has 1 atom stereocenters. The molecule has 0 bridgehead atoms. The maximum Gasteiger partial charge on any atom is 0.262 e. The van der Waals surface area contributed by atoms with E-state index >= 15 is 0 Å². The van der Waals surface area contributed by atoms with Gasteiger partial charge in [0.25, 0.3) is 11.5 Å². The van der Waals surface area contributed by atoms with Crippen molar-refractivity contribution in [2.45, 2.75) is 44.4 Å². The number of carbonyl (C=O) groups excluding carboxylic acids is 2. The first-order chi connectivity index (χ1) is 21.8. The van der Waals surface area contributed by atoms with Crippen LogP contribution in [0.2, 0.25) is 0 Å². The van der Waals surface area contributed by atoms with Gasteiger partial charge in [0.1, 0.15) is 0 Å². The van der Waals surface area contributed by atoms with Gasteiger partial charge in [0.2, 0.25) is 12.7 Å². The van der Waals surface area contributed by atoms with E-state index in [4.69, 9.17) is 23.9 Å². The van der Waals surface area contributed by atoms with E-state index in [0.29, 0.717) is 57.6 Å². The number of hydrogen-bond acceptors (Lipinski definition) is 9. The van der Waals surface area contributed by atoms with Crippen molar-refractivity contribution in [3.63, 3.8) is 0 Å². The number of amides is 2. The van der Waals surface area contributed by atoms with Crippen molar-refractivity contribution >= 4 is 34.5 Å². The van der Waals surface area contributed by atoms with E-state index in [1.54, 1.807) is 43.1 Å². The molecule has 45 heavy (non-hydrogen) atoms. The summed E-state index contributed by atoms with van der Waals surface area (Å²) in [5.41, 5.74) is 2.50. The lowest BCUT2D eigenvalue weighted by molar-refractivity contribution is -0.119. The summed E-state index contributed by atoms with van der Waals surface area (Å²) in [7, 11) is 3.17. The number of nitrogens with zero attached hydrogens (tertiary/aromatic N) is 2. The van der Waals surface area contributed by atoms with Gasteiger partial charge in [-0.25, -0.2) is 4.98 Å². The molecule has 3 aromatic carbocycles. The van der Waals surface area contributed by atoms with Crippen LogP contribution in [0.5, 0.6) is 23.0 Å². The van der Waals surface area contributed by atoms with E-state index in [0.717, 1.165) is 17.5 Å². The number of benzene rings is 3. The predicted molar refractivity (Wildman–Crippen MR) is 172 cm³/mol. The summed E-state index contributed by atoms with van der Waals surface area (Å²) in [6.07, 6.45) is 1.44. The fraction of sp³-hybridized carbons (Fsp3) is 0.333. The van der Waals surface area contributed by atoms with E-state index in [-0.39, 0.29) is 42.5 Å². The highest BCUT2D eigenvalue weighted by atomic mass is 32.2. The maximum atomic E-state index is 13.7. The van der Waals surface area contributed by atoms with Gasteiger partial charge < -0.3 is 29.6 Å². The number of thioether (sulfide) groups is 1. The number of hydrogen-bond donors (Lipinski definition) is 2. The maximum absolute atomic E-state index is 13.7. The van der Waals surface area contributed by atoms with Crippen molar-refractivity contribution in [3.05, 3.63) is 81.6 Å². The summed E-state index contributed by atoms with van der Waals surface area (Å²) in [5, 5.41) is 6.68. The summed E-state index contributed by atoms with van der Waals surface area (Å²) in [5.74, 6) is 2.07. The van der Waals surface area contributed by atoms with Gasteiger partial charge in [-0.2, -0.15) is 0 Å². The Labute approximate surface area is 265 Å². The first kappa shape index (κ1) is 31.7. The molecular weight excluding hydrogens is 596 g/mol. The van der Waals surface area contributed by atoms with Gasteiger partial charge >= 0.3 is 0 Å². The zero-order valence-corrected chi connectivity index (χ0v) is 26.5.